The van der Waals surface area contributed by atoms with Gasteiger partial charge in [-0.2, -0.15) is 0 Å². The van der Waals surface area contributed by atoms with Gasteiger partial charge < -0.3 is 19.9 Å². The molecule has 2 rings (SSSR count). The van der Waals surface area contributed by atoms with Crippen LogP contribution >= 0.6 is 15.9 Å². The van der Waals surface area contributed by atoms with E-state index in [9.17, 15) is 14.4 Å². The first-order chi connectivity index (χ1) is 9.88. The Bertz CT molecular complexity index is 602. The lowest BCUT2D eigenvalue weighted by atomic mass is 9.99. The molecule has 0 radical (unpaired) electrons. The van der Waals surface area contributed by atoms with E-state index in [0.29, 0.717) is 29.5 Å². The Balaban J connectivity index is 2.07. The molecule has 0 aromatic carbocycles. The summed E-state index contributed by atoms with van der Waals surface area (Å²) in [5.74, 6) is -1.39. The van der Waals surface area contributed by atoms with E-state index in [-0.39, 0.29) is 18.1 Å². The third-order valence-corrected chi connectivity index (χ3v) is 4.02. The average Bonchev–Trinajstić information content (AvgIpc) is 2.44. The number of carbonyl (C=O) groups excluding carboxylic acids is 1. The molecule has 2 amide bonds. The first-order valence-corrected chi connectivity index (χ1v) is 7.32. The Morgan fingerprint density at radius 1 is 1.48 bits per heavy atom. The number of aliphatic carboxylic acids is 1. The minimum absolute atomic E-state index is 0.197. The number of likely N-dealkylation sites (tertiary alicyclic amines) is 1. The standard InChI is InChI=1S/C13H16BrN3O4/c1-16-7-9(5-10(14)11(16)18)15-13(21)17-4-2-3-8(6-17)12(19)20/h5,7-8H,2-4,6H2,1H3,(H,15,21)(H,19,20). The van der Waals surface area contributed by atoms with E-state index in [1.54, 1.807) is 7.05 Å². The fraction of sp³-hybridized carbons (Fsp3) is 0.462. The van der Waals surface area contributed by atoms with Crippen LogP contribution < -0.4 is 10.9 Å². The number of hydrogen-bond acceptors (Lipinski definition) is 3. The van der Waals surface area contributed by atoms with Crippen LogP contribution in [0.1, 0.15) is 12.8 Å². The second-order valence-corrected chi connectivity index (χ2v) is 5.90. The molecule has 1 aliphatic rings. The van der Waals surface area contributed by atoms with Crippen LogP contribution in [0.25, 0.3) is 0 Å². The number of aryl methyl sites for hydroxylation is 1. The van der Waals surface area contributed by atoms with Gasteiger partial charge in [0, 0.05) is 26.3 Å². The van der Waals surface area contributed by atoms with Gasteiger partial charge in [-0.05, 0) is 34.8 Å². The van der Waals surface area contributed by atoms with Gasteiger partial charge >= 0.3 is 12.0 Å². The summed E-state index contributed by atoms with van der Waals surface area (Å²) in [6.07, 6.45) is 2.77. The van der Waals surface area contributed by atoms with Crippen molar-refractivity contribution in [1.82, 2.24) is 9.47 Å². The molecule has 2 heterocycles. The van der Waals surface area contributed by atoms with E-state index in [1.807, 2.05) is 0 Å². The van der Waals surface area contributed by atoms with Gasteiger partial charge in [-0.15, -0.1) is 0 Å². The van der Waals surface area contributed by atoms with Crippen molar-refractivity contribution in [3.8, 4) is 0 Å². The van der Waals surface area contributed by atoms with E-state index in [4.69, 9.17) is 5.11 Å². The van der Waals surface area contributed by atoms with Gasteiger partial charge in [0.05, 0.1) is 16.1 Å². The fourth-order valence-electron chi connectivity index (χ4n) is 2.31. The summed E-state index contributed by atoms with van der Waals surface area (Å²) in [7, 11) is 1.59. The Morgan fingerprint density at radius 2 is 2.19 bits per heavy atom. The number of nitrogens with one attached hydrogen (secondary N) is 1. The number of halogens is 1. The number of rotatable bonds is 2. The van der Waals surface area contributed by atoms with Gasteiger partial charge in [0.2, 0.25) is 0 Å². The number of amides is 2. The maximum absolute atomic E-state index is 12.2. The monoisotopic (exact) mass is 357 g/mol. The summed E-state index contributed by atoms with van der Waals surface area (Å²) in [6.45, 7) is 0.733. The zero-order chi connectivity index (χ0) is 15.6. The fourth-order valence-corrected chi connectivity index (χ4v) is 2.83. The smallest absolute Gasteiger partial charge is 0.321 e. The van der Waals surface area contributed by atoms with Crippen molar-refractivity contribution in [3.05, 3.63) is 27.1 Å². The van der Waals surface area contributed by atoms with Crippen molar-refractivity contribution < 1.29 is 14.7 Å². The van der Waals surface area contributed by atoms with Crippen molar-refractivity contribution in [2.24, 2.45) is 13.0 Å². The van der Waals surface area contributed by atoms with E-state index < -0.39 is 11.9 Å². The van der Waals surface area contributed by atoms with E-state index in [2.05, 4.69) is 21.2 Å². The van der Waals surface area contributed by atoms with Crippen LogP contribution in [0, 0.1) is 5.92 Å². The van der Waals surface area contributed by atoms with Crippen LogP contribution in [-0.2, 0) is 11.8 Å². The van der Waals surface area contributed by atoms with Gasteiger partial charge in [-0.3, -0.25) is 9.59 Å². The first kappa shape index (κ1) is 15.6. The number of carboxylic acid groups (broad SMARTS) is 1. The zero-order valence-corrected chi connectivity index (χ0v) is 13.1. The van der Waals surface area contributed by atoms with Crippen LogP contribution in [0.5, 0.6) is 0 Å². The second kappa shape index (κ2) is 6.30. The lowest BCUT2D eigenvalue weighted by Crippen LogP contribution is -2.44. The second-order valence-electron chi connectivity index (χ2n) is 5.05. The van der Waals surface area contributed by atoms with E-state index in [1.165, 1.54) is 21.7 Å². The molecule has 1 fully saturated rings. The van der Waals surface area contributed by atoms with Crippen LogP contribution in [0.3, 0.4) is 0 Å². The lowest BCUT2D eigenvalue weighted by Gasteiger charge is -2.30. The maximum atomic E-state index is 12.2. The normalized spacial score (nSPS) is 18.4. The third-order valence-electron chi connectivity index (χ3n) is 3.45. The molecule has 1 aromatic rings. The zero-order valence-electron chi connectivity index (χ0n) is 11.5. The van der Waals surface area contributed by atoms with Crippen molar-refractivity contribution in [3.63, 3.8) is 0 Å². The number of piperidine rings is 1. The molecular formula is C13H16BrN3O4. The quantitative estimate of drug-likeness (QED) is 0.838. The topological polar surface area (TPSA) is 91.6 Å². The Labute approximate surface area is 129 Å². The van der Waals surface area contributed by atoms with E-state index in [0.717, 1.165) is 0 Å². The third kappa shape index (κ3) is 3.63. The number of anilines is 1. The number of nitrogens with zero attached hydrogens (tertiary/aromatic N) is 2. The minimum Gasteiger partial charge on any atom is -0.481 e. The molecule has 1 saturated heterocycles. The molecule has 7 nitrogen and oxygen atoms in total. The predicted octanol–water partition coefficient (Wildman–Crippen LogP) is 1.48. The SMILES string of the molecule is Cn1cc(NC(=O)N2CCCC(C(=O)O)C2)cc(Br)c1=O. The average molecular weight is 358 g/mol. The molecule has 1 unspecified atom stereocenters. The van der Waals surface area contributed by atoms with Crippen LogP contribution in [0.2, 0.25) is 0 Å². The number of carboxylic acids is 1. The highest BCUT2D eigenvalue weighted by atomic mass is 79.9. The highest BCUT2D eigenvalue weighted by molar-refractivity contribution is 9.10. The molecule has 114 valence electrons. The molecule has 0 saturated carbocycles. The number of aromatic nitrogens is 1. The van der Waals surface area contributed by atoms with Crippen molar-refractivity contribution in [2.45, 2.75) is 12.8 Å². The molecule has 1 atom stereocenters. The van der Waals surface area contributed by atoms with Gasteiger partial charge in [0.15, 0.2) is 0 Å². The predicted molar refractivity (Wildman–Crippen MR) is 80.3 cm³/mol. The minimum atomic E-state index is -0.877. The van der Waals surface area contributed by atoms with Crippen molar-refractivity contribution >= 4 is 33.6 Å². The molecule has 21 heavy (non-hydrogen) atoms. The Morgan fingerprint density at radius 3 is 2.81 bits per heavy atom. The molecule has 8 heteroatoms. The molecular weight excluding hydrogens is 342 g/mol. The molecule has 1 aliphatic heterocycles. The molecule has 0 spiro atoms. The highest BCUT2D eigenvalue weighted by Crippen LogP contribution is 2.18. The van der Waals surface area contributed by atoms with Gasteiger partial charge in [-0.1, -0.05) is 0 Å². The van der Waals surface area contributed by atoms with Crippen molar-refractivity contribution in [2.75, 3.05) is 18.4 Å². The van der Waals surface area contributed by atoms with Gasteiger partial charge in [-0.25, -0.2) is 4.79 Å². The summed E-state index contributed by atoms with van der Waals surface area (Å²) < 4.78 is 1.71. The van der Waals surface area contributed by atoms with Crippen LogP contribution in [0.4, 0.5) is 10.5 Å². The van der Waals surface area contributed by atoms with Crippen LogP contribution in [-0.4, -0.2) is 39.7 Å². The summed E-state index contributed by atoms with van der Waals surface area (Å²) in [5.41, 5.74) is 0.281. The Hall–Kier alpha value is -1.83. The van der Waals surface area contributed by atoms with E-state index >= 15 is 0 Å². The summed E-state index contributed by atoms with van der Waals surface area (Å²) in [4.78, 5) is 36.2. The number of carbonyl (C=O) groups is 2. The summed E-state index contributed by atoms with van der Waals surface area (Å²) >= 11 is 3.14. The van der Waals surface area contributed by atoms with Crippen molar-refractivity contribution in [1.29, 1.82) is 0 Å². The first-order valence-electron chi connectivity index (χ1n) is 6.53. The lowest BCUT2D eigenvalue weighted by molar-refractivity contribution is -0.143. The molecule has 0 aliphatic carbocycles. The molecule has 0 bridgehead atoms. The number of urea groups is 1. The molecule has 1 aromatic heterocycles. The highest BCUT2D eigenvalue weighted by Gasteiger charge is 2.28. The number of hydrogen-bond donors (Lipinski definition) is 2. The number of pyridine rings is 1. The summed E-state index contributed by atoms with van der Waals surface area (Å²) in [6, 6.07) is 1.17. The largest absolute Gasteiger partial charge is 0.481 e. The van der Waals surface area contributed by atoms with Gasteiger partial charge in [0.25, 0.3) is 5.56 Å². The maximum Gasteiger partial charge on any atom is 0.321 e. The van der Waals surface area contributed by atoms with Gasteiger partial charge in [0.1, 0.15) is 0 Å². The summed E-state index contributed by atoms with van der Waals surface area (Å²) in [5, 5.41) is 11.7. The molecule has 2 N–H and O–H groups in total. The van der Waals surface area contributed by atoms with Crippen LogP contribution in [0.15, 0.2) is 21.5 Å². The Kier molecular flexibility index (Phi) is 4.66.